The SMILES string of the molecule is CC(=O)C(C)c1ccc(N=C(N)N)cc1. The van der Waals surface area contributed by atoms with Crippen LogP contribution in [0.3, 0.4) is 0 Å². The van der Waals surface area contributed by atoms with Crippen LogP contribution in [0.15, 0.2) is 29.3 Å². The molecule has 0 aliphatic heterocycles. The molecule has 0 aliphatic carbocycles. The number of aliphatic imine (C=N–C) groups is 1. The molecular formula is C11H15N3O. The lowest BCUT2D eigenvalue weighted by Crippen LogP contribution is -2.21. The summed E-state index contributed by atoms with van der Waals surface area (Å²) in [4.78, 5) is 15.0. The van der Waals surface area contributed by atoms with Gasteiger partial charge in [-0.2, -0.15) is 0 Å². The molecule has 1 aromatic carbocycles. The van der Waals surface area contributed by atoms with Gasteiger partial charge in [-0.05, 0) is 24.6 Å². The third-order valence-electron chi connectivity index (χ3n) is 2.26. The van der Waals surface area contributed by atoms with Gasteiger partial charge in [-0.1, -0.05) is 19.1 Å². The van der Waals surface area contributed by atoms with Crippen LogP contribution in [-0.4, -0.2) is 11.7 Å². The summed E-state index contributed by atoms with van der Waals surface area (Å²) in [6.07, 6.45) is 0. The summed E-state index contributed by atoms with van der Waals surface area (Å²) in [5, 5.41) is 0. The van der Waals surface area contributed by atoms with Gasteiger partial charge in [0.2, 0.25) is 0 Å². The van der Waals surface area contributed by atoms with Crippen LogP contribution in [-0.2, 0) is 4.79 Å². The molecule has 4 nitrogen and oxygen atoms in total. The van der Waals surface area contributed by atoms with Crippen LogP contribution in [0.2, 0.25) is 0 Å². The number of guanidine groups is 1. The summed E-state index contributed by atoms with van der Waals surface area (Å²) < 4.78 is 0. The van der Waals surface area contributed by atoms with Gasteiger partial charge in [0, 0.05) is 5.92 Å². The van der Waals surface area contributed by atoms with Crippen molar-refractivity contribution in [3.63, 3.8) is 0 Å². The fraction of sp³-hybridized carbons (Fsp3) is 0.273. The van der Waals surface area contributed by atoms with Gasteiger partial charge in [-0.25, -0.2) is 4.99 Å². The molecule has 80 valence electrons. The first-order valence-electron chi connectivity index (χ1n) is 4.70. The van der Waals surface area contributed by atoms with Crippen LogP contribution in [0.25, 0.3) is 0 Å². The number of Topliss-reactive ketones (excluding diaryl/α,β-unsaturated/α-hetero) is 1. The minimum Gasteiger partial charge on any atom is -0.370 e. The highest BCUT2D eigenvalue weighted by Crippen LogP contribution is 2.19. The van der Waals surface area contributed by atoms with E-state index in [4.69, 9.17) is 11.5 Å². The Morgan fingerprint density at radius 3 is 2.20 bits per heavy atom. The van der Waals surface area contributed by atoms with Crippen molar-refractivity contribution >= 4 is 17.4 Å². The fourth-order valence-corrected chi connectivity index (χ4v) is 1.22. The predicted molar refractivity (Wildman–Crippen MR) is 61.0 cm³/mol. The van der Waals surface area contributed by atoms with E-state index in [0.29, 0.717) is 5.69 Å². The quantitative estimate of drug-likeness (QED) is 0.576. The monoisotopic (exact) mass is 205 g/mol. The fourth-order valence-electron chi connectivity index (χ4n) is 1.22. The van der Waals surface area contributed by atoms with Crippen molar-refractivity contribution in [1.29, 1.82) is 0 Å². The number of rotatable bonds is 3. The van der Waals surface area contributed by atoms with E-state index in [1.165, 1.54) is 0 Å². The molecule has 1 aromatic rings. The highest BCUT2D eigenvalue weighted by atomic mass is 16.1. The van der Waals surface area contributed by atoms with E-state index in [-0.39, 0.29) is 17.7 Å². The zero-order valence-corrected chi connectivity index (χ0v) is 8.90. The Balaban J connectivity index is 2.90. The lowest BCUT2D eigenvalue weighted by atomic mass is 9.97. The summed E-state index contributed by atoms with van der Waals surface area (Å²) in [6, 6.07) is 7.28. The van der Waals surface area contributed by atoms with Gasteiger partial charge in [-0.3, -0.25) is 4.79 Å². The lowest BCUT2D eigenvalue weighted by molar-refractivity contribution is -0.118. The van der Waals surface area contributed by atoms with E-state index in [2.05, 4.69) is 4.99 Å². The molecule has 0 aromatic heterocycles. The second kappa shape index (κ2) is 4.59. The third kappa shape index (κ3) is 3.09. The number of hydrogen-bond donors (Lipinski definition) is 2. The number of carbonyl (C=O) groups excluding carboxylic acids is 1. The van der Waals surface area contributed by atoms with Crippen LogP contribution in [0.5, 0.6) is 0 Å². The number of ketones is 1. The summed E-state index contributed by atoms with van der Waals surface area (Å²) in [7, 11) is 0. The predicted octanol–water partition coefficient (Wildman–Crippen LogP) is 1.28. The Hall–Kier alpha value is -1.84. The second-order valence-electron chi connectivity index (χ2n) is 3.46. The number of nitrogens with zero attached hydrogens (tertiary/aromatic N) is 1. The van der Waals surface area contributed by atoms with E-state index in [9.17, 15) is 4.79 Å². The normalized spacial score (nSPS) is 11.9. The van der Waals surface area contributed by atoms with Crippen molar-refractivity contribution in [3.8, 4) is 0 Å². The highest BCUT2D eigenvalue weighted by Gasteiger charge is 2.09. The first-order valence-corrected chi connectivity index (χ1v) is 4.70. The molecule has 1 atom stereocenters. The summed E-state index contributed by atoms with van der Waals surface area (Å²) in [5.74, 6) is 0.0882. The molecule has 0 bridgehead atoms. The van der Waals surface area contributed by atoms with Crippen molar-refractivity contribution in [2.75, 3.05) is 0 Å². The maximum atomic E-state index is 11.1. The Labute approximate surface area is 89.0 Å². The molecule has 0 heterocycles. The molecule has 1 unspecified atom stereocenters. The molecule has 4 N–H and O–H groups in total. The molecule has 0 fully saturated rings. The summed E-state index contributed by atoms with van der Waals surface area (Å²) in [6.45, 7) is 3.45. The van der Waals surface area contributed by atoms with Crippen LogP contribution >= 0.6 is 0 Å². The van der Waals surface area contributed by atoms with Crippen molar-refractivity contribution in [2.24, 2.45) is 16.5 Å². The van der Waals surface area contributed by atoms with E-state index in [1.54, 1.807) is 19.1 Å². The molecular weight excluding hydrogens is 190 g/mol. The van der Waals surface area contributed by atoms with Crippen molar-refractivity contribution in [3.05, 3.63) is 29.8 Å². The maximum absolute atomic E-state index is 11.1. The summed E-state index contributed by atoms with van der Waals surface area (Å²) in [5.41, 5.74) is 12.1. The van der Waals surface area contributed by atoms with Gasteiger partial charge < -0.3 is 11.5 Å². The molecule has 1 rings (SSSR count). The molecule has 0 aliphatic rings. The van der Waals surface area contributed by atoms with Gasteiger partial charge in [0.25, 0.3) is 0 Å². The summed E-state index contributed by atoms with van der Waals surface area (Å²) >= 11 is 0. The van der Waals surface area contributed by atoms with Crippen LogP contribution < -0.4 is 11.5 Å². The zero-order chi connectivity index (χ0) is 11.4. The van der Waals surface area contributed by atoms with Gasteiger partial charge in [0.05, 0.1) is 5.69 Å². The number of benzene rings is 1. The molecule has 0 amide bonds. The Morgan fingerprint density at radius 2 is 1.80 bits per heavy atom. The third-order valence-corrected chi connectivity index (χ3v) is 2.26. The van der Waals surface area contributed by atoms with Crippen LogP contribution in [0.1, 0.15) is 25.3 Å². The van der Waals surface area contributed by atoms with Gasteiger partial charge in [-0.15, -0.1) is 0 Å². The molecule has 0 radical (unpaired) electrons. The topological polar surface area (TPSA) is 81.5 Å². The zero-order valence-electron chi connectivity index (χ0n) is 8.90. The Morgan fingerprint density at radius 1 is 1.27 bits per heavy atom. The van der Waals surface area contributed by atoms with E-state index < -0.39 is 0 Å². The Kier molecular flexibility index (Phi) is 3.44. The lowest BCUT2D eigenvalue weighted by Gasteiger charge is -2.07. The minimum absolute atomic E-state index is 0.0300. The standard InChI is InChI=1S/C11H15N3O/c1-7(8(2)15)9-3-5-10(6-4-9)14-11(12)13/h3-7H,1-2H3,(H4,12,13,14). The van der Waals surface area contributed by atoms with Gasteiger partial charge in [0.1, 0.15) is 5.78 Å². The average Bonchev–Trinajstić information content (AvgIpc) is 2.17. The number of hydrogen-bond acceptors (Lipinski definition) is 2. The van der Waals surface area contributed by atoms with Crippen LogP contribution in [0.4, 0.5) is 5.69 Å². The van der Waals surface area contributed by atoms with Crippen molar-refractivity contribution in [1.82, 2.24) is 0 Å². The maximum Gasteiger partial charge on any atom is 0.191 e. The average molecular weight is 205 g/mol. The molecule has 0 spiro atoms. The minimum atomic E-state index is -0.0850. The van der Waals surface area contributed by atoms with E-state index >= 15 is 0 Å². The van der Waals surface area contributed by atoms with Gasteiger partial charge >= 0.3 is 0 Å². The van der Waals surface area contributed by atoms with E-state index in [1.807, 2.05) is 19.1 Å². The largest absolute Gasteiger partial charge is 0.370 e. The molecule has 4 heteroatoms. The smallest absolute Gasteiger partial charge is 0.191 e. The molecule has 15 heavy (non-hydrogen) atoms. The highest BCUT2D eigenvalue weighted by molar-refractivity contribution is 5.83. The van der Waals surface area contributed by atoms with Gasteiger partial charge in [0.15, 0.2) is 5.96 Å². The van der Waals surface area contributed by atoms with Crippen molar-refractivity contribution < 1.29 is 4.79 Å². The number of carbonyl (C=O) groups is 1. The first-order chi connectivity index (χ1) is 7.00. The van der Waals surface area contributed by atoms with E-state index in [0.717, 1.165) is 5.56 Å². The number of nitrogens with two attached hydrogens (primary N) is 2. The second-order valence-corrected chi connectivity index (χ2v) is 3.46. The van der Waals surface area contributed by atoms with Crippen molar-refractivity contribution in [2.45, 2.75) is 19.8 Å². The van der Waals surface area contributed by atoms with Crippen LogP contribution in [0, 0.1) is 0 Å². The molecule has 0 saturated carbocycles. The first kappa shape index (κ1) is 11.2. The molecule has 0 saturated heterocycles. The Bertz CT molecular complexity index is 377.